The number of nitrogens with one attached hydrogen (secondary N) is 1. The van der Waals surface area contributed by atoms with Gasteiger partial charge in [-0.05, 0) is 47.7 Å². The first-order chi connectivity index (χ1) is 20.9. The molecule has 43 heavy (non-hydrogen) atoms. The summed E-state index contributed by atoms with van der Waals surface area (Å²) in [5, 5.41) is 21.2. The third-order valence-electron chi connectivity index (χ3n) is 7.60. The Balaban J connectivity index is 1.45. The topological polar surface area (TPSA) is 108 Å². The molecular weight excluding hydrogens is 544 g/mol. The molecule has 3 aromatic carbocycles. The second-order valence-corrected chi connectivity index (χ2v) is 11.0. The van der Waals surface area contributed by atoms with Crippen LogP contribution in [0.1, 0.15) is 66.8 Å². The van der Waals surface area contributed by atoms with Crippen molar-refractivity contribution in [3.05, 3.63) is 108 Å². The zero-order chi connectivity index (χ0) is 30.6. The molecule has 0 bridgehead atoms. The normalized spacial score (nSPS) is 18.3. The van der Waals surface area contributed by atoms with E-state index in [4.69, 9.17) is 14.6 Å². The molecule has 1 fully saturated rings. The van der Waals surface area contributed by atoms with Gasteiger partial charge in [0, 0.05) is 44.5 Å². The first-order valence-electron chi connectivity index (χ1n) is 14.8. The van der Waals surface area contributed by atoms with E-state index in [0.717, 1.165) is 46.5 Å². The molecule has 3 unspecified atom stereocenters. The Morgan fingerprint density at radius 2 is 1.67 bits per heavy atom. The fraction of sp³-hybridized carbons (Fsp3) is 0.371. The second kappa shape index (κ2) is 16.1. The summed E-state index contributed by atoms with van der Waals surface area (Å²) in [6.45, 7) is 5.75. The number of unbranched alkanes of at least 4 members (excludes halogenated alkanes) is 1. The van der Waals surface area contributed by atoms with Crippen molar-refractivity contribution in [2.45, 2.75) is 63.8 Å². The molecule has 8 heteroatoms. The molecule has 228 valence electrons. The number of ether oxygens (including phenoxy) is 2. The molecule has 0 radical (unpaired) electrons. The van der Waals surface area contributed by atoms with E-state index in [1.165, 1.54) is 0 Å². The Morgan fingerprint density at radius 1 is 0.977 bits per heavy atom. The van der Waals surface area contributed by atoms with Crippen LogP contribution >= 0.6 is 0 Å². The Hall–Kier alpha value is -3.82. The summed E-state index contributed by atoms with van der Waals surface area (Å²) in [5.74, 6) is -0.928. The number of nitrogens with zero attached hydrogens (tertiary/aromatic N) is 1. The van der Waals surface area contributed by atoms with Gasteiger partial charge in [-0.1, -0.05) is 78.9 Å². The molecule has 4 rings (SSSR count). The fourth-order valence-electron chi connectivity index (χ4n) is 5.30. The van der Waals surface area contributed by atoms with Crippen LogP contribution in [-0.2, 0) is 32.2 Å². The number of aliphatic hydroxyl groups is 1. The fourth-order valence-corrected chi connectivity index (χ4v) is 5.30. The molecule has 1 heterocycles. The van der Waals surface area contributed by atoms with Gasteiger partial charge in [0.25, 0.3) is 0 Å². The number of rotatable bonds is 15. The molecule has 1 saturated heterocycles. The minimum absolute atomic E-state index is 0.00293. The Morgan fingerprint density at radius 3 is 2.37 bits per heavy atom. The Labute approximate surface area is 254 Å². The number of aliphatic hydroxyl groups excluding tert-OH is 1. The Bertz CT molecular complexity index is 1340. The predicted octanol–water partition coefficient (Wildman–Crippen LogP) is 5.77. The molecule has 1 aliphatic heterocycles. The van der Waals surface area contributed by atoms with Crippen molar-refractivity contribution in [2.75, 3.05) is 20.1 Å². The lowest BCUT2D eigenvalue weighted by atomic mass is 9.97. The lowest BCUT2D eigenvalue weighted by Gasteiger charge is -2.37. The number of carbonyl (C=O) groups excluding carboxylic acids is 1. The average Bonchev–Trinajstić information content (AvgIpc) is 3.02. The molecular formula is C35H42N2O6. The van der Waals surface area contributed by atoms with Gasteiger partial charge in [0.2, 0.25) is 5.91 Å². The molecule has 0 aliphatic carbocycles. The minimum Gasteiger partial charge on any atom is -0.481 e. The monoisotopic (exact) mass is 586 g/mol. The summed E-state index contributed by atoms with van der Waals surface area (Å²) in [6, 6.07) is 24.0. The van der Waals surface area contributed by atoms with Crippen molar-refractivity contribution in [1.29, 1.82) is 0 Å². The number of carboxylic acids is 1. The van der Waals surface area contributed by atoms with Crippen LogP contribution in [0.25, 0.3) is 11.1 Å². The van der Waals surface area contributed by atoms with Crippen LogP contribution in [0.3, 0.4) is 0 Å². The van der Waals surface area contributed by atoms with Gasteiger partial charge in [-0.3, -0.25) is 9.59 Å². The molecule has 8 nitrogen and oxygen atoms in total. The number of hydrogen-bond donors (Lipinski definition) is 3. The van der Waals surface area contributed by atoms with Gasteiger partial charge in [0.05, 0.1) is 18.8 Å². The van der Waals surface area contributed by atoms with Crippen LogP contribution in [0, 0.1) is 0 Å². The third-order valence-corrected chi connectivity index (χ3v) is 7.60. The summed E-state index contributed by atoms with van der Waals surface area (Å²) < 4.78 is 12.9. The van der Waals surface area contributed by atoms with E-state index >= 15 is 0 Å². The predicted molar refractivity (Wildman–Crippen MR) is 166 cm³/mol. The van der Waals surface area contributed by atoms with Crippen molar-refractivity contribution in [1.82, 2.24) is 10.2 Å². The summed E-state index contributed by atoms with van der Waals surface area (Å²) in [7, 11) is 2.05. The highest BCUT2D eigenvalue weighted by Crippen LogP contribution is 2.38. The van der Waals surface area contributed by atoms with Crippen LogP contribution in [0.15, 0.2) is 85.5 Å². The summed E-state index contributed by atoms with van der Waals surface area (Å²) in [5.41, 5.74) is 5.87. The van der Waals surface area contributed by atoms with Gasteiger partial charge in [-0.15, -0.1) is 6.58 Å². The van der Waals surface area contributed by atoms with E-state index in [1.54, 1.807) is 0 Å². The highest BCUT2D eigenvalue weighted by atomic mass is 16.7. The summed E-state index contributed by atoms with van der Waals surface area (Å²) in [4.78, 5) is 25.2. The largest absolute Gasteiger partial charge is 0.481 e. The smallest absolute Gasteiger partial charge is 0.303 e. The van der Waals surface area contributed by atoms with Gasteiger partial charge < -0.3 is 29.9 Å². The molecule has 3 N–H and O–H groups in total. The molecule has 0 aromatic heterocycles. The standard InChI is InChI=1S/C35H42N2O6/c1-3-20-37(2)23-30-21-32(27-14-12-25(24-38)13-15-27)43-35(42-30)28-18-16-26(17-19-28)31-9-5-4-8-29(31)22-36-33(39)10-6-7-11-34(40)41/h3-5,8-9,12-19,30,32,35,38H,1,6-7,10-11,20-24H2,2H3,(H,36,39)(H,40,41). The van der Waals surface area contributed by atoms with Crippen LogP contribution in [0.5, 0.6) is 0 Å². The van der Waals surface area contributed by atoms with Crippen molar-refractivity contribution < 1.29 is 29.3 Å². The second-order valence-electron chi connectivity index (χ2n) is 11.0. The average molecular weight is 587 g/mol. The maximum atomic E-state index is 12.3. The first-order valence-corrected chi connectivity index (χ1v) is 14.8. The van der Waals surface area contributed by atoms with Crippen molar-refractivity contribution in [3.8, 4) is 11.1 Å². The third kappa shape index (κ3) is 9.59. The number of carboxylic acid groups (broad SMARTS) is 1. The lowest BCUT2D eigenvalue weighted by Crippen LogP contribution is -2.37. The quantitative estimate of drug-likeness (QED) is 0.153. The number of amides is 1. The van der Waals surface area contributed by atoms with Crippen LogP contribution < -0.4 is 5.32 Å². The number of carbonyl (C=O) groups is 2. The van der Waals surface area contributed by atoms with Gasteiger partial charge in [-0.2, -0.15) is 0 Å². The minimum atomic E-state index is -0.841. The highest BCUT2D eigenvalue weighted by molar-refractivity contribution is 5.76. The zero-order valence-electron chi connectivity index (χ0n) is 24.8. The molecule has 3 atom stereocenters. The van der Waals surface area contributed by atoms with Crippen molar-refractivity contribution in [2.24, 2.45) is 0 Å². The van der Waals surface area contributed by atoms with E-state index in [-0.39, 0.29) is 31.1 Å². The SMILES string of the molecule is C=CCN(C)CC1CC(c2ccc(CO)cc2)OC(c2ccc(-c3ccccc3CNC(=O)CCCCC(=O)O)cc2)O1. The van der Waals surface area contributed by atoms with Crippen molar-refractivity contribution in [3.63, 3.8) is 0 Å². The van der Waals surface area contributed by atoms with Gasteiger partial charge >= 0.3 is 5.97 Å². The molecule has 3 aromatic rings. The maximum Gasteiger partial charge on any atom is 0.303 e. The van der Waals surface area contributed by atoms with E-state index in [0.29, 0.717) is 32.2 Å². The molecule has 0 spiro atoms. The van der Waals surface area contributed by atoms with E-state index in [2.05, 4.69) is 23.8 Å². The highest BCUT2D eigenvalue weighted by Gasteiger charge is 2.32. The van der Waals surface area contributed by atoms with E-state index in [1.807, 2.05) is 78.9 Å². The number of hydrogen-bond acceptors (Lipinski definition) is 6. The van der Waals surface area contributed by atoms with Crippen LogP contribution in [0.4, 0.5) is 0 Å². The summed E-state index contributed by atoms with van der Waals surface area (Å²) in [6.07, 6.45) is 3.29. The zero-order valence-corrected chi connectivity index (χ0v) is 24.8. The number of benzene rings is 3. The number of aliphatic carboxylic acids is 1. The van der Waals surface area contributed by atoms with E-state index in [9.17, 15) is 14.7 Å². The first kappa shape index (κ1) is 32.1. The Kier molecular flexibility index (Phi) is 12.1. The number of likely N-dealkylation sites (N-methyl/N-ethyl adjacent to an activating group) is 1. The van der Waals surface area contributed by atoms with Gasteiger partial charge in [-0.25, -0.2) is 0 Å². The van der Waals surface area contributed by atoms with Gasteiger partial charge in [0.1, 0.15) is 0 Å². The summed E-state index contributed by atoms with van der Waals surface area (Å²) >= 11 is 0. The van der Waals surface area contributed by atoms with Crippen LogP contribution in [-0.4, -0.2) is 53.2 Å². The van der Waals surface area contributed by atoms with Crippen molar-refractivity contribution >= 4 is 11.9 Å². The van der Waals surface area contributed by atoms with Crippen LogP contribution in [0.2, 0.25) is 0 Å². The van der Waals surface area contributed by atoms with Gasteiger partial charge in [0.15, 0.2) is 6.29 Å². The molecule has 1 aliphatic rings. The maximum absolute atomic E-state index is 12.3. The lowest BCUT2D eigenvalue weighted by molar-refractivity contribution is -0.252. The van der Waals surface area contributed by atoms with E-state index < -0.39 is 12.3 Å². The molecule has 0 saturated carbocycles. The molecule has 1 amide bonds.